The lowest BCUT2D eigenvalue weighted by molar-refractivity contribution is -0.144. The van der Waals surface area contributed by atoms with Gasteiger partial charge in [-0.15, -0.1) is 0 Å². The van der Waals surface area contributed by atoms with Crippen molar-refractivity contribution in [2.45, 2.75) is 24.0 Å². The molecule has 108 valence electrons. The Hall–Kier alpha value is -1.33. The first-order chi connectivity index (χ1) is 8.48. The monoisotopic (exact) mass is 305 g/mol. The Balaban J connectivity index is 3.83. The molecule has 5 nitrogen and oxygen atoms in total. The third-order valence-electron chi connectivity index (χ3n) is 2.05. The van der Waals surface area contributed by atoms with E-state index in [9.17, 15) is 30.4 Å². The second kappa shape index (κ2) is 4.98. The molecule has 0 aliphatic rings. The highest BCUT2D eigenvalue weighted by Gasteiger charge is 2.41. The van der Waals surface area contributed by atoms with Crippen LogP contribution in [0.5, 0.6) is 0 Å². The number of alkyl halides is 5. The molecule has 0 saturated heterocycles. The molecule has 0 aliphatic heterocycles. The number of hydrogen-bond donors (Lipinski definition) is 2. The maximum absolute atomic E-state index is 12.7. The molecule has 1 rings (SSSR count). The van der Waals surface area contributed by atoms with Gasteiger partial charge in [-0.3, -0.25) is 0 Å². The predicted molar refractivity (Wildman–Crippen MR) is 53.5 cm³/mol. The van der Waals surface area contributed by atoms with E-state index in [4.69, 9.17) is 5.73 Å². The van der Waals surface area contributed by atoms with Crippen LogP contribution in [0.4, 0.5) is 22.0 Å². The van der Waals surface area contributed by atoms with E-state index in [0.29, 0.717) is 6.07 Å². The van der Waals surface area contributed by atoms with Gasteiger partial charge in [-0.1, -0.05) is 0 Å². The number of halogens is 5. The van der Waals surface area contributed by atoms with Crippen molar-refractivity contribution in [1.29, 1.82) is 0 Å². The van der Waals surface area contributed by atoms with Crippen molar-refractivity contribution in [3.63, 3.8) is 0 Å². The van der Waals surface area contributed by atoms with E-state index >= 15 is 0 Å². The summed E-state index contributed by atoms with van der Waals surface area (Å²) in [7, 11) is -5.02. The van der Waals surface area contributed by atoms with Crippen LogP contribution < -0.4 is 10.9 Å². The summed E-state index contributed by atoms with van der Waals surface area (Å²) < 4.78 is 85.6. The molecular formula is C8H8F5N3O2S. The molecule has 0 atom stereocenters. The molecule has 0 saturated carbocycles. The van der Waals surface area contributed by atoms with E-state index in [0.717, 1.165) is 0 Å². The molecule has 0 radical (unpaired) electrons. The smallest absolute Gasteiger partial charge is 0.325 e. The van der Waals surface area contributed by atoms with Gasteiger partial charge in [-0.2, -0.15) is 13.2 Å². The maximum atomic E-state index is 12.7. The minimum absolute atomic E-state index is 0.486. The molecule has 0 aliphatic carbocycles. The number of hydrogen-bond acceptors (Lipinski definition) is 4. The van der Waals surface area contributed by atoms with Crippen molar-refractivity contribution >= 4 is 10.0 Å². The van der Waals surface area contributed by atoms with E-state index < -0.39 is 51.0 Å². The Kier molecular flexibility index (Phi) is 4.12. The fraction of sp³-hybridized carbons (Fsp3) is 0.375. The zero-order valence-corrected chi connectivity index (χ0v) is 9.89. The number of pyridine rings is 1. The summed E-state index contributed by atoms with van der Waals surface area (Å²) in [5.41, 5.74) is 1.15. The molecule has 0 unspecified atom stereocenters. The second-order valence-corrected chi connectivity index (χ2v) is 4.93. The van der Waals surface area contributed by atoms with Gasteiger partial charge in [0.15, 0.2) is 5.69 Å². The van der Waals surface area contributed by atoms with Gasteiger partial charge in [0, 0.05) is 12.1 Å². The first kappa shape index (κ1) is 15.7. The Morgan fingerprint density at radius 1 is 1.32 bits per heavy atom. The molecule has 0 spiro atoms. The molecule has 1 aromatic heterocycles. The highest BCUT2D eigenvalue weighted by molar-refractivity contribution is 7.89. The molecule has 0 amide bonds. The molecule has 11 heteroatoms. The van der Waals surface area contributed by atoms with Gasteiger partial charge in [0.1, 0.15) is 4.90 Å². The predicted octanol–water partition coefficient (Wildman–Crippen LogP) is 1.14. The van der Waals surface area contributed by atoms with E-state index in [1.807, 2.05) is 0 Å². The Labute approximate surface area is 104 Å². The summed E-state index contributed by atoms with van der Waals surface area (Å²) in [6.07, 6.45) is -8.72. The molecule has 0 fully saturated rings. The van der Waals surface area contributed by atoms with Gasteiger partial charge < -0.3 is 5.73 Å². The first-order valence-electron chi connectivity index (χ1n) is 4.60. The van der Waals surface area contributed by atoms with Crippen LogP contribution in [0.1, 0.15) is 23.4 Å². The van der Waals surface area contributed by atoms with Crippen LogP contribution in [0.3, 0.4) is 0 Å². The van der Waals surface area contributed by atoms with Crippen LogP contribution in [0, 0.1) is 0 Å². The molecule has 0 bridgehead atoms. The largest absolute Gasteiger partial charge is 0.434 e. The summed E-state index contributed by atoms with van der Waals surface area (Å²) in [6.45, 7) is -0.562. The minimum atomic E-state index is -5.25. The van der Waals surface area contributed by atoms with Gasteiger partial charge in [0.25, 0.3) is 6.43 Å². The number of rotatable bonds is 3. The van der Waals surface area contributed by atoms with Crippen LogP contribution in [0.2, 0.25) is 0 Å². The van der Waals surface area contributed by atoms with E-state index in [1.165, 1.54) is 0 Å². The second-order valence-electron chi connectivity index (χ2n) is 3.43. The molecule has 1 heterocycles. The van der Waals surface area contributed by atoms with Crippen LogP contribution >= 0.6 is 0 Å². The van der Waals surface area contributed by atoms with Gasteiger partial charge in [0.2, 0.25) is 10.0 Å². The van der Waals surface area contributed by atoms with Crippen molar-refractivity contribution < 1.29 is 30.4 Å². The third-order valence-corrected chi connectivity index (χ3v) is 3.05. The SMILES string of the molecule is NCc1cc(C(F)F)c(S(N)(=O)=O)c(C(F)(F)F)n1. The van der Waals surface area contributed by atoms with E-state index in [2.05, 4.69) is 10.1 Å². The van der Waals surface area contributed by atoms with Crippen LogP contribution in [-0.2, 0) is 22.7 Å². The lowest BCUT2D eigenvalue weighted by atomic mass is 10.2. The first-order valence-corrected chi connectivity index (χ1v) is 6.15. The van der Waals surface area contributed by atoms with E-state index in [-0.39, 0.29) is 0 Å². The number of primary sulfonamides is 1. The average Bonchev–Trinajstić information content (AvgIpc) is 2.24. The van der Waals surface area contributed by atoms with Crippen molar-refractivity contribution in [2.24, 2.45) is 10.9 Å². The van der Waals surface area contributed by atoms with Crippen LogP contribution in [0.15, 0.2) is 11.0 Å². The summed E-state index contributed by atoms with van der Waals surface area (Å²) >= 11 is 0. The third kappa shape index (κ3) is 3.36. The molecule has 1 aromatic rings. The minimum Gasteiger partial charge on any atom is -0.325 e. The zero-order chi connectivity index (χ0) is 15.0. The van der Waals surface area contributed by atoms with Crippen molar-refractivity contribution in [2.75, 3.05) is 0 Å². The number of aromatic nitrogens is 1. The fourth-order valence-electron chi connectivity index (χ4n) is 1.37. The normalized spacial score (nSPS) is 13.1. The number of nitrogens with two attached hydrogens (primary N) is 2. The summed E-state index contributed by atoms with van der Waals surface area (Å²) in [6, 6.07) is 0.486. The summed E-state index contributed by atoms with van der Waals surface area (Å²) in [5, 5.41) is 4.55. The molecular weight excluding hydrogens is 297 g/mol. The molecule has 4 N–H and O–H groups in total. The van der Waals surface area contributed by atoms with Gasteiger partial charge in [-0.25, -0.2) is 27.3 Å². The highest BCUT2D eigenvalue weighted by Crippen LogP contribution is 2.37. The average molecular weight is 305 g/mol. The van der Waals surface area contributed by atoms with Crippen molar-refractivity contribution in [3.05, 3.63) is 23.0 Å². The Morgan fingerprint density at radius 2 is 1.84 bits per heavy atom. The topological polar surface area (TPSA) is 99.1 Å². The highest BCUT2D eigenvalue weighted by atomic mass is 32.2. The van der Waals surface area contributed by atoms with Gasteiger partial charge >= 0.3 is 6.18 Å². The fourth-order valence-corrected chi connectivity index (χ4v) is 2.27. The number of nitrogens with zero attached hydrogens (tertiary/aromatic N) is 1. The Bertz CT molecular complexity index is 585. The lowest BCUT2D eigenvalue weighted by Gasteiger charge is -2.15. The summed E-state index contributed by atoms with van der Waals surface area (Å²) in [5.74, 6) is 0. The van der Waals surface area contributed by atoms with Crippen LogP contribution in [0.25, 0.3) is 0 Å². The lowest BCUT2D eigenvalue weighted by Crippen LogP contribution is -2.24. The zero-order valence-electron chi connectivity index (χ0n) is 9.08. The van der Waals surface area contributed by atoms with Crippen molar-refractivity contribution in [3.8, 4) is 0 Å². The summed E-state index contributed by atoms with van der Waals surface area (Å²) in [4.78, 5) is 1.20. The standard InChI is InChI=1S/C8H8F5N3O2S/c9-7(10)4-1-3(2-14)16-6(8(11,12)13)5(4)19(15,17)18/h1,7H,2,14H2,(H2,15,17,18). The van der Waals surface area contributed by atoms with Gasteiger partial charge in [0.05, 0.1) is 5.69 Å². The molecule has 19 heavy (non-hydrogen) atoms. The van der Waals surface area contributed by atoms with Crippen molar-refractivity contribution in [1.82, 2.24) is 4.98 Å². The van der Waals surface area contributed by atoms with Crippen LogP contribution in [-0.4, -0.2) is 13.4 Å². The quantitative estimate of drug-likeness (QED) is 0.818. The molecule has 0 aromatic carbocycles. The maximum Gasteiger partial charge on any atom is 0.434 e. The van der Waals surface area contributed by atoms with Gasteiger partial charge in [-0.05, 0) is 6.07 Å². The Morgan fingerprint density at radius 3 is 2.16 bits per heavy atom. The van der Waals surface area contributed by atoms with E-state index in [1.54, 1.807) is 0 Å². The number of sulfonamides is 1.